The summed E-state index contributed by atoms with van der Waals surface area (Å²) in [6.45, 7) is 2.36. The van der Waals surface area contributed by atoms with Gasteiger partial charge in [-0.05, 0) is 55.8 Å². The van der Waals surface area contributed by atoms with Crippen LogP contribution in [0.2, 0.25) is 0 Å². The fourth-order valence-corrected chi connectivity index (χ4v) is 4.00. The summed E-state index contributed by atoms with van der Waals surface area (Å²) in [5, 5.41) is 3.59. The maximum absolute atomic E-state index is 3.59. The Morgan fingerprint density at radius 3 is 2.61 bits per heavy atom. The molecule has 100 valence electrons. The largest absolute Gasteiger partial charge is 0.316 e. The normalized spacial score (nSPS) is 19.9. The van der Waals surface area contributed by atoms with Gasteiger partial charge in [-0.1, -0.05) is 47.8 Å². The van der Waals surface area contributed by atoms with Crippen LogP contribution in [0.4, 0.5) is 0 Å². The summed E-state index contributed by atoms with van der Waals surface area (Å²) in [6.07, 6.45) is 8.04. The third-order valence-electron chi connectivity index (χ3n) is 4.72. The van der Waals surface area contributed by atoms with Gasteiger partial charge in [0.15, 0.2) is 0 Å². The molecule has 2 heteroatoms. The van der Waals surface area contributed by atoms with E-state index in [0.717, 1.165) is 6.42 Å². The molecule has 1 saturated carbocycles. The number of benzene rings is 1. The molecule has 0 amide bonds. The van der Waals surface area contributed by atoms with Crippen LogP contribution in [0.3, 0.4) is 0 Å². The second-order valence-corrected chi connectivity index (χ2v) is 6.51. The number of likely N-dealkylation sites (N-methyl/N-ethyl adjacent to an activating group) is 1. The molecule has 0 spiro atoms. The van der Waals surface area contributed by atoms with Crippen LogP contribution in [0, 0.1) is 5.41 Å². The van der Waals surface area contributed by atoms with Crippen molar-refractivity contribution in [3.63, 3.8) is 0 Å². The van der Waals surface area contributed by atoms with Crippen molar-refractivity contribution in [2.75, 3.05) is 7.05 Å². The molecular weight excluding hydrogens is 286 g/mol. The van der Waals surface area contributed by atoms with Crippen LogP contribution in [-0.2, 0) is 6.42 Å². The van der Waals surface area contributed by atoms with Gasteiger partial charge in [0, 0.05) is 10.5 Å². The molecule has 1 atom stereocenters. The lowest BCUT2D eigenvalue weighted by atomic mass is 9.74. The van der Waals surface area contributed by atoms with Crippen LogP contribution in [0.5, 0.6) is 0 Å². The quantitative estimate of drug-likeness (QED) is 0.841. The number of hydrogen-bond acceptors (Lipinski definition) is 1. The molecule has 1 aliphatic rings. The first kappa shape index (κ1) is 14.1. The van der Waals surface area contributed by atoms with E-state index < -0.39 is 0 Å². The van der Waals surface area contributed by atoms with Gasteiger partial charge in [0.2, 0.25) is 0 Å². The van der Waals surface area contributed by atoms with Crippen molar-refractivity contribution >= 4 is 15.9 Å². The van der Waals surface area contributed by atoms with Gasteiger partial charge in [-0.3, -0.25) is 0 Å². The number of halogens is 1. The van der Waals surface area contributed by atoms with Crippen molar-refractivity contribution in [1.82, 2.24) is 5.32 Å². The van der Waals surface area contributed by atoms with E-state index >= 15 is 0 Å². The Hall–Kier alpha value is -0.340. The second kappa shape index (κ2) is 6.21. The van der Waals surface area contributed by atoms with E-state index in [9.17, 15) is 0 Å². The molecular formula is C16H24BrN. The molecule has 0 saturated heterocycles. The highest BCUT2D eigenvalue weighted by atomic mass is 79.9. The monoisotopic (exact) mass is 309 g/mol. The third kappa shape index (κ3) is 2.97. The van der Waals surface area contributed by atoms with Gasteiger partial charge < -0.3 is 5.32 Å². The standard InChI is InChI=1S/C16H24BrN/c1-3-16(9-4-5-10-16)15(18-2)12-13-7-6-8-14(17)11-13/h6-8,11,15,18H,3-5,9-10,12H2,1-2H3. The smallest absolute Gasteiger partial charge is 0.0178 e. The molecule has 1 fully saturated rings. The summed E-state index contributed by atoms with van der Waals surface area (Å²) in [5.41, 5.74) is 1.96. The minimum Gasteiger partial charge on any atom is -0.316 e. The van der Waals surface area contributed by atoms with Gasteiger partial charge in [0.1, 0.15) is 0 Å². The van der Waals surface area contributed by atoms with E-state index in [4.69, 9.17) is 0 Å². The topological polar surface area (TPSA) is 12.0 Å². The van der Waals surface area contributed by atoms with E-state index in [1.165, 1.54) is 42.1 Å². The SMILES string of the molecule is CCC1(C(Cc2cccc(Br)c2)NC)CCCC1. The van der Waals surface area contributed by atoms with Crippen LogP contribution in [0.1, 0.15) is 44.6 Å². The molecule has 1 nitrogen and oxygen atoms in total. The van der Waals surface area contributed by atoms with Crippen LogP contribution in [-0.4, -0.2) is 13.1 Å². The van der Waals surface area contributed by atoms with Crippen LogP contribution >= 0.6 is 15.9 Å². The van der Waals surface area contributed by atoms with E-state index in [2.05, 4.69) is 59.5 Å². The van der Waals surface area contributed by atoms with Crippen LogP contribution < -0.4 is 5.32 Å². The first-order valence-corrected chi connectivity index (χ1v) is 7.91. The Morgan fingerprint density at radius 1 is 1.33 bits per heavy atom. The zero-order chi connectivity index (χ0) is 13.0. The molecule has 0 bridgehead atoms. The summed E-state index contributed by atoms with van der Waals surface area (Å²) in [7, 11) is 2.12. The molecule has 1 N–H and O–H groups in total. The Labute approximate surface area is 119 Å². The van der Waals surface area contributed by atoms with Crippen molar-refractivity contribution in [2.24, 2.45) is 5.41 Å². The zero-order valence-corrected chi connectivity index (χ0v) is 13.1. The fraction of sp³-hybridized carbons (Fsp3) is 0.625. The Bertz CT molecular complexity index is 382. The Balaban J connectivity index is 2.13. The lowest BCUT2D eigenvalue weighted by Gasteiger charge is -2.37. The molecule has 1 aromatic rings. The molecule has 0 heterocycles. The predicted molar refractivity (Wildman–Crippen MR) is 81.9 cm³/mol. The molecule has 1 unspecified atom stereocenters. The van der Waals surface area contributed by atoms with Crippen molar-refractivity contribution in [3.05, 3.63) is 34.3 Å². The lowest BCUT2D eigenvalue weighted by molar-refractivity contribution is 0.192. The molecule has 0 aliphatic heterocycles. The highest BCUT2D eigenvalue weighted by Crippen LogP contribution is 2.44. The van der Waals surface area contributed by atoms with Gasteiger partial charge in [0.05, 0.1) is 0 Å². The molecule has 0 aromatic heterocycles. The zero-order valence-electron chi connectivity index (χ0n) is 11.5. The van der Waals surface area contributed by atoms with Gasteiger partial charge in [-0.25, -0.2) is 0 Å². The van der Waals surface area contributed by atoms with E-state index in [-0.39, 0.29) is 0 Å². The number of nitrogens with one attached hydrogen (secondary N) is 1. The van der Waals surface area contributed by atoms with Gasteiger partial charge in [0.25, 0.3) is 0 Å². The minimum atomic E-state index is 0.525. The van der Waals surface area contributed by atoms with Crippen molar-refractivity contribution in [2.45, 2.75) is 51.5 Å². The minimum absolute atomic E-state index is 0.525. The highest BCUT2D eigenvalue weighted by molar-refractivity contribution is 9.10. The predicted octanol–water partition coefficient (Wildman–Crippen LogP) is 4.55. The molecule has 0 radical (unpaired) electrons. The lowest BCUT2D eigenvalue weighted by Crippen LogP contribution is -2.43. The first-order chi connectivity index (χ1) is 8.70. The van der Waals surface area contributed by atoms with Gasteiger partial charge >= 0.3 is 0 Å². The van der Waals surface area contributed by atoms with Gasteiger partial charge in [-0.2, -0.15) is 0 Å². The van der Waals surface area contributed by atoms with Crippen molar-refractivity contribution in [1.29, 1.82) is 0 Å². The van der Waals surface area contributed by atoms with Crippen LogP contribution in [0.15, 0.2) is 28.7 Å². The first-order valence-electron chi connectivity index (χ1n) is 7.12. The molecule has 1 aromatic carbocycles. The second-order valence-electron chi connectivity index (χ2n) is 5.60. The fourth-order valence-electron chi connectivity index (χ4n) is 3.55. The van der Waals surface area contributed by atoms with Crippen molar-refractivity contribution in [3.8, 4) is 0 Å². The Kier molecular flexibility index (Phi) is 4.85. The average molecular weight is 310 g/mol. The Morgan fingerprint density at radius 2 is 2.06 bits per heavy atom. The summed E-state index contributed by atoms with van der Waals surface area (Å²) in [4.78, 5) is 0. The van der Waals surface area contributed by atoms with Gasteiger partial charge in [-0.15, -0.1) is 0 Å². The molecule has 2 rings (SSSR count). The van der Waals surface area contributed by atoms with E-state index in [1.54, 1.807) is 0 Å². The van der Waals surface area contributed by atoms with E-state index in [1.807, 2.05) is 0 Å². The van der Waals surface area contributed by atoms with Crippen LogP contribution in [0.25, 0.3) is 0 Å². The highest BCUT2D eigenvalue weighted by Gasteiger charge is 2.38. The molecule has 1 aliphatic carbocycles. The summed E-state index contributed by atoms with van der Waals surface area (Å²) in [6, 6.07) is 9.35. The average Bonchev–Trinajstić information content (AvgIpc) is 2.86. The summed E-state index contributed by atoms with van der Waals surface area (Å²) < 4.78 is 1.19. The number of rotatable bonds is 5. The summed E-state index contributed by atoms with van der Waals surface area (Å²) >= 11 is 3.57. The van der Waals surface area contributed by atoms with Crippen molar-refractivity contribution < 1.29 is 0 Å². The maximum Gasteiger partial charge on any atom is 0.0178 e. The van der Waals surface area contributed by atoms with E-state index in [0.29, 0.717) is 11.5 Å². The third-order valence-corrected chi connectivity index (χ3v) is 5.21. The molecule has 18 heavy (non-hydrogen) atoms. The number of hydrogen-bond donors (Lipinski definition) is 1. The maximum atomic E-state index is 3.59. The summed E-state index contributed by atoms with van der Waals surface area (Å²) in [5.74, 6) is 0.